The number of nitrogens with zero attached hydrogens (tertiary/aromatic N) is 1. The van der Waals surface area contributed by atoms with Crippen LogP contribution >= 0.6 is 0 Å². The molecule has 28 heavy (non-hydrogen) atoms. The van der Waals surface area contributed by atoms with Gasteiger partial charge in [-0.25, -0.2) is 0 Å². The van der Waals surface area contributed by atoms with Crippen molar-refractivity contribution in [3.63, 3.8) is 0 Å². The Balaban J connectivity index is 1.93. The molecule has 1 fully saturated rings. The van der Waals surface area contributed by atoms with Crippen LogP contribution < -0.4 is 9.47 Å². The standard InChI is InChI=1S/C21H22F3NO3/c1-13(14-5-4-6-16(11-14)21(22,23)24)25(17-8-9-17)20(26)15-7-10-18(27-2)19(12-15)28-3/h4-7,10-13,17H,8-9H2,1-3H3. The van der Waals surface area contributed by atoms with E-state index in [-0.39, 0.29) is 11.9 Å². The Morgan fingerprint density at radius 2 is 1.75 bits per heavy atom. The summed E-state index contributed by atoms with van der Waals surface area (Å²) in [6, 6.07) is 9.55. The highest BCUT2D eigenvalue weighted by atomic mass is 19.4. The summed E-state index contributed by atoms with van der Waals surface area (Å²) in [5.74, 6) is 0.687. The van der Waals surface area contributed by atoms with Crippen LogP contribution in [0.2, 0.25) is 0 Å². The Morgan fingerprint density at radius 1 is 1.07 bits per heavy atom. The maximum absolute atomic E-state index is 13.2. The average molecular weight is 393 g/mol. The summed E-state index contributed by atoms with van der Waals surface area (Å²) >= 11 is 0. The van der Waals surface area contributed by atoms with Crippen LogP contribution in [-0.4, -0.2) is 31.1 Å². The number of carbonyl (C=O) groups excluding carboxylic acids is 1. The molecule has 7 heteroatoms. The highest BCUT2D eigenvalue weighted by molar-refractivity contribution is 5.95. The molecule has 2 aromatic rings. The van der Waals surface area contributed by atoms with Crippen LogP contribution in [0, 0.1) is 0 Å². The van der Waals surface area contributed by atoms with E-state index in [9.17, 15) is 18.0 Å². The lowest BCUT2D eigenvalue weighted by molar-refractivity contribution is -0.137. The minimum atomic E-state index is -4.42. The molecule has 1 atom stereocenters. The summed E-state index contributed by atoms with van der Waals surface area (Å²) in [4.78, 5) is 14.9. The zero-order valence-corrected chi connectivity index (χ0v) is 15.9. The largest absolute Gasteiger partial charge is 0.493 e. The van der Waals surface area contributed by atoms with Crippen molar-refractivity contribution in [3.8, 4) is 11.5 Å². The Morgan fingerprint density at radius 3 is 2.32 bits per heavy atom. The molecule has 2 aromatic carbocycles. The Labute approximate surface area is 161 Å². The highest BCUT2D eigenvalue weighted by Crippen LogP contribution is 2.38. The molecule has 0 radical (unpaired) electrons. The Hall–Kier alpha value is -2.70. The molecule has 1 amide bonds. The maximum atomic E-state index is 13.2. The van der Waals surface area contributed by atoms with Crippen LogP contribution in [-0.2, 0) is 6.18 Å². The van der Waals surface area contributed by atoms with Crippen molar-refractivity contribution in [1.29, 1.82) is 0 Å². The number of benzene rings is 2. The second-order valence-electron chi connectivity index (χ2n) is 6.81. The van der Waals surface area contributed by atoms with Gasteiger partial charge in [0.2, 0.25) is 0 Å². The number of alkyl halides is 3. The predicted octanol–water partition coefficient (Wildman–Crippen LogP) is 5.09. The summed E-state index contributed by atoms with van der Waals surface area (Å²) in [5, 5.41) is 0. The molecule has 0 spiro atoms. The quantitative estimate of drug-likeness (QED) is 0.686. The first kappa shape index (κ1) is 20.0. The first-order valence-electron chi connectivity index (χ1n) is 8.98. The molecule has 1 saturated carbocycles. The van der Waals surface area contributed by atoms with Crippen molar-refractivity contribution in [2.24, 2.45) is 0 Å². The van der Waals surface area contributed by atoms with Gasteiger partial charge in [-0.2, -0.15) is 13.2 Å². The van der Waals surface area contributed by atoms with E-state index in [0.29, 0.717) is 22.6 Å². The smallest absolute Gasteiger partial charge is 0.416 e. The van der Waals surface area contributed by atoms with Gasteiger partial charge in [0.1, 0.15) is 0 Å². The fraction of sp³-hybridized carbons (Fsp3) is 0.381. The molecule has 0 heterocycles. The molecule has 0 bridgehead atoms. The minimum Gasteiger partial charge on any atom is -0.493 e. The second kappa shape index (κ2) is 7.73. The van der Waals surface area contributed by atoms with Gasteiger partial charge < -0.3 is 14.4 Å². The minimum absolute atomic E-state index is 0.0186. The van der Waals surface area contributed by atoms with Crippen molar-refractivity contribution in [1.82, 2.24) is 4.90 Å². The van der Waals surface area contributed by atoms with Gasteiger partial charge >= 0.3 is 6.18 Å². The molecule has 1 aliphatic carbocycles. The van der Waals surface area contributed by atoms with Gasteiger partial charge in [-0.15, -0.1) is 0 Å². The Kier molecular flexibility index (Phi) is 5.54. The van der Waals surface area contributed by atoms with E-state index in [4.69, 9.17) is 9.47 Å². The van der Waals surface area contributed by atoms with Crippen LogP contribution in [0.25, 0.3) is 0 Å². The van der Waals surface area contributed by atoms with Crippen molar-refractivity contribution in [2.45, 2.75) is 38.0 Å². The number of rotatable bonds is 6. The van der Waals surface area contributed by atoms with Crippen molar-refractivity contribution in [3.05, 3.63) is 59.2 Å². The lowest BCUT2D eigenvalue weighted by atomic mass is 10.0. The highest BCUT2D eigenvalue weighted by Gasteiger charge is 2.38. The molecule has 150 valence electrons. The van der Waals surface area contributed by atoms with E-state index < -0.39 is 17.8 Å². The molecular weight excluding hydrogens is 371 g/mol. The molecule has 1 unspecified atom stereocenters. The number of ether oxygens (including phenoxy) is 2. The average Bonchev–Trinajstić information content (AvgIpc) is 3.51. The third-order valence-electron chi connectivity index (χ3n) is 4.92. The summed E-state index contributed by atoms with van der Waals surface area (Å²) in [6.45, 7) is 1.76. The third-order valence-corrected chi connectivity index (χ3v) is 4.92. The number of hydrogen-bond donors (Lipinski definition) is 0. The normalized spacial score (nSPS) is 15.1. The van der Waals surface area contributed by atoms with Crippen LogP contribution in [0.1, 0.15) is 47.3 Å². The molecule has 0 N–H and O–H groups in total. The maximum Gasteiger partial charge on any atom is 0.416 e. The van der Waals surface area contributed by atoms with E-state index in [0.717, 1.165) is 25.0 Å². The van der Waals surface area contributed by atoms with Crippen LogP contribution in [0.15, 0.2) is 42.5 Å². The van der Waals surface area contributed by atoms with E-state index >= 15 is 0 Å². The van der Waals surface area contributed by atoms with Crippen molar-refractivity contribution in [2.75, 3.05) is 14.2 Å². The monoisotopic (exact) mass is 393 g/mol. The zero-order chi connectivity index (χ0) is 20.5. The topological polar surface area (TPSA) is 38.8 Å². The van der Waals surface area contributed by atoms with E-state index in [1.54, 1.807) is 36.1 Å². The molecule has 1 aliphatic rings. The van der Waals surface area contributed by atoms with Gasteiger partial charge in [0, 0.05) is 11.6 Å². The third kappa shape index (κ3) is 4.08. The van der Waals surface area contributed by atoms with E-state index in [1.807, 2.05) is 0 Å². The van der Waals surface area contributed by atoms with Crippen molar-refractivity contribution < 1.29 is 27.4 Å². The summed E-state index contributed by atoms with van der Waals surface area (Å²) in [7, 11) is 2.99. The van der Waals surface area contributed by atoms with Gasteiger partial charge in [0.15, 0.2) is 11.5 Å². The first-order chi connectivity index (χ1) is 13.3. The number of methoxy groups -OCH3 is 2. The fourth-order valence-electron chi connectivity index (χ4n) is 3.26. The van der Waals surface area contributed by atoms with Gasteiger partial charge in [0.25, 0.3) is 5.91 Å². The van der Waals surface area contributed by atoms with Gasteiger partial charge in [0.05, 0.1) is 25.8 Å². The zero-order valence-electron chi connectivity index (χ0n) is 15.9. The summed E-state index contributed by atoms with van der Waals surface area (Å²) in [5.41, 5.74) is 0.144. The first-order valence-corrected chi connectivity index (χ1v) is 8.98. The molecule has 0 saturated heterocycles. The van der Waals surface area contributed by atoms with Gasteiger partial charge in [-0.3, -0.25) is 4.79 Å². The lowest BCUT2D eigenvalue weighted by Gasteiger charge is -2.30. The van der Waals surface area contributed by atoms with Crippen LogP contribution in [0.4, 0.5) is 13.2 Å². The van der Waals surface area contributed by atoms with E-state index in [2.05, 4.69) is 0 Å². The number of halogens is 3. The van der Waals surface area contributed by atoms with Gasteiger partial charge in [-0.1, -0.05) is 12.1 Å². The Bertz CT molecular complexity index is 862. The fourth-order valence-corrected chi connectivity index (χ4v) is 3.26. The molecule has 4 nitrogen and oxygen atoms in total. The number of hydrogen-bond acceptors (Lipinski definition) is 3. The summed E-state index contributed by atoms with van der Waals surface area (Å²) < 4.78 is 49.7. The molecule has 3 rings (SSSR count). The van der Waals surface area contributed by atoms with Crippen molar-refractivity contribution >= 4 is 5.91 Å². The van der Waals surface area contributed by atoms with E-state index in [1.165, 1.54) is 20.3 Å². The number of amides is 1. The number of carbonyl (C=O) groups is 1. The summed E-state index contributed by atoms with van der Waals surface area (Å²) in [6.07, 6.45) is -2.75. The predicted molar refractivity (Wildman–Crippen MR) is 98.6 cm³/mol. The molecule has 0 aromatic heterocycles. The molecular formula is C21H22F3NO3. The van der Waals surface area contributed by atoms with Gasteiger partial charge in [-0.05, 0) is 55.7 Å². The SMILES string of the molecule is COc1ccc(C(=O)N(C2CC2)C(C)c2cccc(C(F)(F)F)c2)cc1OC. The lowest BCUT2D eigenvalue weighted by Crippen LogP contribution is -2.35. The van der Waals surface area contributed by atoms with Crippen LogP contribution in [0.3, 0.4) is 0 Å². The molecule has 0 aliphatic heterocycles. The second-order valence-corrected chi connectivity index (χ2v) is 6.81. The van der Waals surface area contributed by atoms with Crippen LogP contribution in [0.5, 0.6) is 11.5 Å².